The van der Waals surface area contributed by atoms with Crippen molar-refractivity contribution in [2.45, 2.75) is 44.7 Å². The molecule has 2 rings (SSSR count). The number of rotatable bonds is 5. The zero-order chi connectivity index (χ0) is 15.4. The number of hydrogen-bond donors (Lipinski definition) is 1. The van der Waals surface area contributed by atoms with Crippen molar-refractivity contribution in [2.24, 2.45) is 5.73 Å². The molecule has 0 radical (unpaired) electrons. The van der Waals surface area contributed by atoms with Gasteiger partial charge in [-0.3, -0.25) is 0 Å². The van der Waals surface area contributed by atoms with Crippen LogP contribution >= 0.6 is 0 Å². The Bertz CT molecular complexity index is 427. The first-order chi connectivity index (χ1) is 9.95. The molecule has 118 valence electrons. The molecule has 1 fully saturated rings. The molecule has 2 atom stereocenters. The fraction of sp³-hybridized carbons (Fsp3) is 0.667. The highest BCUT2D eigenvalue weighted by atomic mass is 15.3. The molecular weight excluding hydrogens is 258 g/mol. The Morgan fingerprint density at radius 2 is 1.81 bits per heavy atom. The van der Waals surface area contributed by atoms with Crippen LogP contribution in [0.5, 0.6) is 0 Å². The van der Waals surface area contributed by atoms with Gasteiger partial charge >= 0.3 is 0 Å². The van der Waals surface area contributed by atoms with Crippen molar-refractivity contribution in [1.29, 1.82) is 0 Å². The molecule has 2 unspecified atom stereocenters. The topological polar surface area (TPSA) is 32.5 Å². The van der Waals surface area contributed by atoms with Crippen molar-refractivity contribution in [3.05, 3.63) is 35.4 Å². The normalized spacial score (nSPS) is 22.7. The number of likely N-dealkylation sites (N-methyl/N-ethyl adjacent to an activating group) is 2. The summed E-state index contributed by atoms with van der Waals surface area (Å²) < 4.78 is 0. The summed E-state index contributed by atoms with van der Waals surface area (Å²) in [5, 5.41) is 0. The zero-order valence-electron chi connectivity index (χ0n) is 14.0. The summed E-state index contributed by atoms with van der Waals surface area (Å²) in [5.74, 6) is 0.596. The van der Waals surface area contributed by atoms with Crippen LogP contribution in [0.15, 0.2) is 24.3 Å². The third-order valence-electron chi connectivity index (χ3n) is 4.70. The van der Waals surface area contributed by atoms with E-state index in [4.69, 9.17) is 5.73 Å². The maximum Gasteiger partial charge on any atom is 0.0235 e. The lowest BCUT2D eigenvalue weighted by molar-refractivity contribution is 0.104. The average molecular weight is 289 g/mol. The largest absolute Gasteiger partial charge is 0.327 e. The van der Waals surface area contributed by atoms with Gasteiger partial charge in [-0.05, 0) is 44.0 Å². The van der Waals surface area contributed by atoms with Gasteiger partial charge in [0.1, 0.15) is 0 Å². The van der Waals surface area contributed by atoms with E-state index in [0.29, 0.717) is 12.0 Å². The molecule has 1 saturated heterocycles. The molecule has 3 heteroatoms. The molecule has 1 heterocycles. The highest BCUT2D eigenvalue weighted by molar-refractivity contribution is 5.25. The third-order valence-corrected chi connectivity index (χ3v) is 4.70. The minimum absolute atomic E-state index is 0.244. The van der Waals surface area contributed by atoms with Gasteiger partial charge < -0.3 is 15.5 Å². The van der Waals surface area contributed by atoms with Crippen molar-refractivity contribution in [3.63, 3.8) is 0 Å². The second kappa shape index (κ2) is 7.39. The van der Waals surface area contributed by atoms with Crippen LogP contribution < -0.4 is 5.73 Å². The second-order valence-corrected chi connectivity index (χ2v) is 6.99. The summed E-state index contributed by atoms with van der Waals surface area (Å²) >= 11 is 0. The smallest absolute Gasteiger partial charge is 0.0235 e. The summed E-state index contributed by atoms with van der Waals surface area (Å²) in [6.07, 6.45) is 2.05. The first-order valence-corrected chi connectivity index (χ1v) is 8.19. The number of hydrogen-bond acceptors (Lipinski definition) is 3. The Hall–Kier alpha value is -0.900. The van der Waals surface area contributed by atoms with Crippen LogP contribution in [-0.2, 0) is 6.42 Å². The first kappa shape index (κ1) is 16.5. The van der Waals surface area contributed by atoms with Gasteiger partial charge in [-0.15, -0.1) is 0 Å². The lowest BCUT2D eigenvalue weighted by Crippen LogP contribution is -2.51. The van der Waals surface area contributed by atoms with Gasteiger partial charge in [0.25, 0.3) is 0 Å². The summed E-state index contributed by atoms with van der Waals surface area (Å²) in [4.78, 5) is 4.87. The van der Waals surface area contributed by atoms with Crippen LogP contribution in [0.1, 0.15) is 37.3 Å². The molecule has 1 aliphatic heterocycles. The molecule has 0 aliphatic carbocycles. The van der Waals surface area contributed by atoms with Crippen LogP contribution in [0, 0.1) is 0 Å². The van der Waals surface area contributed by atoms with Crippen molar-refractivity contribution in [2.75, 3.05) is 33.7 Å². The van der Waals surface area contributed by atoms with Crippen molar-refractivity contribution >= 4 is 0 Å². The standard InChI is InChI=1S/C18H31N3/c1-14(2)16-7-5-15(6-8-16)11-17(19)12-18-13-20(3)9-10-21(18)4/h5-8,14,17-18H,9-13,19H2,1-4H3. The predicted octanol–water partition coefficient (Wildman–Crippen LogP) is 2.32. The Morgan fingerprint density at radius 3 is 2.43 bits per heavy atom. The van der Waals surface area contributed by atoms with E-state index in [1.54, 1.807) is 0 Å². The number of benzene rings is 1. The molecule has 1 aromatic rings. The molecule has 0 bridgehead atoms. The summed E-state index contributed by atoms with van der Waals surface area (Å²) in [5.41, 5.74) is 9.16. The molecule has 1 aromatic carbocycles. The number of piperazine rings is 1. The van der Waals surface area contributed by atoms with Crippen molar-refractivity contribution < 1.29 is 0 Å². The molecule has 0 spiro atoms. The predicted molar refractivity (Wildman–Crippen MR) is 90.7 cm³/mol. The lowest BCUT2D eigenvalue weighted by atomic mass is 9.96. The van der Waals surface area contributed by atoms with Crippen LogP contribution in [0.25, 0.3) is 0 Å². The summed E-state index contributed by atoms with van der Waals surface area (Å²) in [6.45, 7) is 7.92. The minimum atomic E-state index is 0.244. The molecule has 21 heavy (non-hydrogen) atoms. The number of nitrogens with zero attached hydrogens (tertiary/aromatic N) is 2. The van der Waals surface area contributed by atoms with Crippen molar-refractivity contribution in [1.82, 2.24) is 9.80 Å². The highest BCUT2D eigenvalue weighted by Crippen LogP contribution is 2.17. The zero-order valence-corrected chi connectivity index (χ0v) is 14.0. The minimum Gasteiger partial charge on any atom is -0.327 e. The highest BCUT2D eigenvalue weighted by Gasteiger charge is 2.24. The van der Waals surface area contributed by atoms with E-state index in [2.05, 4.69) is 62.0 Å². The maximum atomic E-state index is 6.40. The van der Waals surface area contributed by atoms with Gasteiger partial charge in [0.2, 0.25) is 0 Å². The van der Waals surface area contributed by atoms with Gasteiger partial charge in [0, 0.05) is 31.7 Å². The summed E-state index contributed by atoms with van der Waals surface area (Å²) in [7, 11) is 4.43. The van der Waals surface area contributed by atoms with Crippen molar-refractivity contribution in [3.8, 4) is 0 Å². The molecular formula is C18H31N3. The molecule has 0 saturated carbocycles. The Balaban J connectivity index is 1.87. The first-order valence-electron chi connectivity index (χ1n) is 8.19. The molecule has 2 N–H and O–H groups in total. The van der Waals surface area contributed by atoms with Crippen LogP contribution in [0.3, 0.4) is 0 Å². The monoisotopic (exact) mass is 289 g/mol. The quantitative estimate of drug-likeness (QED) is 0.903. The van der Waals surface area contributed by atoms with E-state index in [0.717, 1.165) is 25.9 Å². The maximum absolute atomic E-state index is 6.40. The Labute approximate surface area is 130 Å². The fourth-order valence-electron chi connectivity index (χ4n) is 3.13. The van der Waals surface area contributed by atoms with E-state index in [9.17, 15) is 0 Å². The second-order valence-electron chi connectivity index (χ2n) is 6.99. The fourth-order valence-corrected chi connectivity index (χ4v) is 3.13. The van der Waals surface area contributed by atoms with Crippen LogP contribution in [0.4, 0.5) is 0 Å². The van der Waals surface area contributed by atoms with Gasteiger partial charge in [0.15, 0.2) is 0 Å². The van der Waals surface area contributed by atoms with E-state index in [1.165, 1.54) is 17.7 Å². The van der Waals surface area contributed by atoms with Gasteiger partial charge in [0.05, 0.1) is 0 Å². The molecule has 0 aromatic heterocycles. The van der Waals surface area contributed by atoms with Gasteiger partial charge in [-0.1, -0.05) is 38.1 Å². The Kier molecular flexibility index (Phi) is 5.80. The van der Waals surface area contributed by atoms with Gasteiger partial charge in [-0.2, -0.15) is 0 Å². The van der Waals surface area contributed by atoms with Gasteiger partial charge in [-0.25, -0.2) is 0 Å². The van der Waals surface area contributed by atoms with E-state index in [-0.39, 0.29) is 6.04 Å². The number of nitrogens with two attached hydrogens (primary N) is 1. The van der Waals surface area contributed by atoms with E-state index < -0.39 is 0 Å². The van der Waals surface area contributed by atoms with E-state index in [1.807, 2.05) is 0 Å². The average Bonchev–Trinajstić information content (AvgIpc) is 2.43. The Morgan fingerprint density at radius 1 is 1.14 bits per heavy atom. The molecule has 0 amide bonds. The third kappa shape index (κ3) is 4.80. The molecule has 1 aliphatic rings. The molecule has 3 nitrogen and oxygen atoms in total. The lowest BCUT2D eigenvalue weighted by Gasteiger charge is -2.38. The summed E-state index contributed by atoms with van der Waals surface area (Å²) in [6, 6.07) is 9.81. The van der Waals surface area contributed by atoms with Crippen LogP contribution in [-0.4, -0.2) is 55.6 Å². The SMILES string of the molecule is CC(C)c1ccc(CC(N)CC2CN(C)CCN2C)cc1. The van der Waals surface area contributed by atoms with Crippen LogP contribution in [0.2, 0.25) is 0 Å². The van der Waals surface area contributed by atoms with E-state index >= 15 is 0 Å².